The van der Waals surface area contributed by atoms with E-state index in [9.17, 15) is 29.1 Å². The summed E-state index contributed by atoms with van der Waals surface area (Å²) in [4.78, 5) is 60.2. The van der Waals surface area contributed by atoms with Gasteiger partial charge in [0.25, 0.3) is 0 Å². The fourth-order valence-corrected chi connectivity index (χ4v) is 2.89. The first kappa shape index (κ1) is 23.7. The number of nitrogens with zero attached hydrogens (tertiary/aromatic N) is 1. The molecule has 12 nitrogen and oxygen atoms in total. The van der Waals surface area contributed by atoms with Crippen LogP contribution in [0.4, 0.5) is 0 Å². The molecule has 0 aromatic carbocycles. The molecule has 1 rings (SSSR count). The van der Waals surface area contributed by atoms with E-state index in [4.69, 9.17) is 16.6 Å². The molecular formula is C15H25N5O7S. The van der Waals surface area contributed by atoms with Gasteiger partial charge in [-0.3, -0.25) is 19.2 Å². The molecule has 4 unspecified atom stereocenters. The van der Waals surface area contributed by atoms with Gasteiger partial charge >= 0.3 is 5.97 Å². The number of hydrogen-bond donors (Lipinski definition) is 7. The summed E-state index contributed by atoms with van der Waals surface area (Å²) in [7, 11) is 0. The van der Waals surface area contributed by atoms with Gasteiger partial charge < -0.3 is 37.2 Å². The molecule has 28 heavy (non-hydrogen) atoms. The first-order valence-corrected chi connectivity index (χ1v) is 9.15. The van der Waals surface area contributed by atoms with Crippen molar-refractivity contribution in [3.05, 3.63) is 0 Å². The molecule has 8 N–H and O–H groups in total. The quantitative estimate of drug-likeness (QED) is 0.174. The third-order valence-corrected chi connectivity index (χ3v) is 4.58. The molecule has 0 aromatic heterocycles. The van der Waals surface area contributed by atoms with Crippen LogP contribution >= 0.6 is 12.6 Å². The molecule has 0 spiro atoms. The second-order valence-electron chi connectivity index (χ2n) is 6.29. The number of nitrogens with two attached hydrogens (primary N) is 2. The minimum absolute atomic E-state index is 0.0311. The molecule has 4 amide bonds. The van der Waals surface area contributed by atoms with Gasteiger partial charge in [-0.25, -0.2) is 4.79 Å². The Morgan fingerprint density at radius 3 is 2.32 bits per heavy atom. The molecule has 0 radical (unpaired) electrons. The topological polar surface area (TPSA) is 205 Å². The maximum Gasteiger partial charge on any atom is 0.326 e. The zero-order valence-electron chi connectivity index (χ0n) is 15.0. The largest absolute Gasteiger partial charge is 0.480 e. The van der Waals surface area contributed by atoms with Gasteiger partial charge in [-0.2, -0.15) is 12.6 Å². The zero-order chi connectivity index (χ0) is 21.4. The lowest BCUT2D eigenvalue weighted by Gasteiger charge is -2.29. The van der Waals surface area contributed by atoms with Crippen LogP contribution < -0.4 is 22.1 Å². The highest BCUT2D eigenvalue weighted by Crippen LogP contribution is 2.19. The molecule has 1 heterocycles. The van der Waals surface area contributed by atoms with Gasteiger partial charge in [0, 0.05) is 12.3 Å². The highest BCUT2D eigenvalue weighted by molar-refractivity contribution is 7.80. The summed E-state index contributed by atoms with van der Waals surface area (Å²) < 4.78 is 0. The summed E-state index contributed by atoms with van der Waals surface area (Å²) in [5, 5.41) is 23.0. The predicted octanol–water partition coefficient (Wildman–Crippen LogP) is -3.84. The number of primary amides is 1. The van der Waals surface area contributed by atoms with E-state index in [-0.39, 0.29) is 18.7 Å². The average molecular weight is 419 g/mol. The summed E-state index contributed by atoms with van der Waals surface area (Å²) in [6, 6.07) is -4.82. The van der Waals surface area contributed by atoms with Crippen molar-refractivity contribution < 1.29 is 34.2 Å². The van der Waals surface area contributed by atoms with Crippen LogP contribution in [0.5, 0.6) is 0 Å². The van der Waals surface area contributed by atoms with E-state index >= 15 is 0 Å². The molecule has 0 bridgehead atoms. The molecule has 0 saturated carbocycles. The van der Waals surface area contributed by atoms with Gasteiger partial charge in [0.1, 0.15) is 18.1 Å². The van der Waals surface area contributed by atoms with Crippen LogP contribution in [0.25, 0.3) is 0 Å². The smallest absolute Gasteiger partial charge is 0.326 e. The van der Waals surface area contributed by atoms with Crippen LogP contribution in [0, 0.1) is 0 Å². The second kappa shape index (κ2) is 10.8. The molecule has 0 aromatic rings. The number of aliphatic hydroxyl groups is 1. The molecular weight excluding hydrogens is 394 g/mol. The number of thiol groups is 1. The van der Waals surface area contributed by atoms with Crippen molar-refractivity contribution >= 4 is 42.2 Å². The van der Waals surface area contributed by atoms with Crippen molar-refractivity contribution in [1.29, 1.82) is 0 Å². The van der Waals surface area contributed by atoms with Gasteiger partial charge in [0.05, 0.1) is 19.1 Å². The minimum Gasteiger partial charge on any atom is -0.480 e. The highest BCUT2D eigenvalue weighted by atomic mass is 32.1. The lowest BCUT2D eigenvalue weighted by atomic mass is 10.1. The Morgan fingerprint density at radius 1 is 1.18 bits per heavy atom. The van der Waals surface area contributed by atoms with Crippen LogP contribution in [-0.2, 0) is 24.0 Å². The van der Waals surface area contributed by atoms with Crippen LogP contribution in [0.15, 0.2) is 0 Å². The number of rotatable bonds is 10. The van der Waals surface area contributed by atoms with E-state index in [2.05, 4.69) is 23.3 Å². The van der Waals surface area contributed by atoms with Crippen LogP contribution in [0.3, 0.4) is 0 Å². The van der Waals surface area contributed by atoms with Crippen molar-refractivity contribution in [1.82, 2.24) is 15.5 Å². The van der Waals surface area contributed by atoms with E-state index in [1.165, 1.54) is 0 Å². The van der Waals surface area contributed by atoms with E-state index < -0.39 is 66.8 Å². The van der Waals surface area contributed by atoms with Crippen LogP contribution in [0.2, 0.25) is 0 Å². The number of aliphatic hydroxyl groups excluding tert-OH is 1. The molecule has 158 valence electrons. The Kier molecular flexibility index (Phi) is 9.15. The Bertz CT molecular complexity index is 632. The lowest BCUT2D eigenvalue weighted by Crippen LogP contribution is -2.58. The van der Waals surface area contributed by atoms with E-state index in [0.29, 0.717) is 6.42 Å². The van der Waals surface area contributed by atoms with E-state index in [1.54, 1.807) is 0 Å². The van der Waals surface area contributed by atoms with Gasteiger partial charge in [-0.1, -0.05) is 0 Å². The van der Waals surface area contributed by atoms with Gasteiger partial charge in [-0.05, 0) is 12.8 Å². The molecule has 1 aliphatic heterocycles. The van der Waals surface area contributed by atoms with Crippen molar-refractivity contribution in [3.8, 4) is 0 Å². The molecule has 4 atom stereocenters. The molecule has 13 heteroatoms. The number of aliphatic carboxylic acids is 1. The van der Waals surface area contributed by atoms with Gasteiger partial charge in [0.15, 0.2) is 0 Å². The number of carboxylic acid groups (broad SMARTS) is 1. The lowest BCUT2D eigenvalue weighted by molar-refractivity contribution is -0.146. The van der Waals surface area contributed by atoms with E-state index in [0.717, 1.165) is 4.90 Å². The first-order valence-electron chi connectivity index (χ1n) is 8.52. The molecule has 1 saturated heterocycles. The molecule has 1 fully saturated rings. The summed E-state index contributed by atoms with van der Waals surface area (Å²) in [6.45, 7) is -0.538. The number of amides is 4. The summed E-state index contributed by atoms with van der Waals surface area (Å²) in [6.07, 6.45) is 0.112. The second-order valence-corrected chi connectivity index (χ2v) is 6.66. The number of likely N-dealkylation sites (tertiary alicyclic amines) is 1. The van der Waals surface area contributed by atoms with Crippen molar-refractivity contribution in [3.63, 3.8) is 0 Å². The maximum atomic E-state index is 12.7. The molecule has 1 aliphatic rings. The fraction of sp³-hybridized carbons (Fsp3) is 0.667. The Hall–Kier alpha value is -2.38. The predicted molar refractivity (Wildman–Crippen MR) is 99.0 cm³/mol. The maximum absolute atomic E-state index is 12.7. The minimum atomic E-state index is -1.52. The van der Waals surface area contributed by atoms with Gasteiger partial charge in [-0.15, -0.1) is 0 Å². The summed E-state index contributed by atoms with van der Waals surface area (Å²) >= 11 is 3.88. The van der Waals surface area contributed by atoms with Crippen molar-refractivity contribution in [2.75, 3.05) is 18.9 Å². The molecule has 0 aliphatic carbocycles. The van der Waals surface area contributed by atoms with E-state index in [1.807, 2.05) is 0 Å². The van der Waals surface area contributed by atoms with Crippen molar-refractivity contribution in [2.24, 2.45) is 11.5 Å². The zero-order valence-corrected chi connectivity index (χ0v) is 15.9. The number of carbonyl (C=O) groups is 5. The van der Waals surface area contributed by atoms with Crippen LogP contribution in [-0.4, -0.2) is 87.8 Å². The summed E-state index contributed by atoms with van der Waals surface area (Å²) in [5.74, 6) is -4.48. The Morgan fingerprint density at radius 2 is 1.82 bits per heavy atom. The first-order chi connectivity index (χ1) is 13.1. The fourth-order valence-electron chi connectivity index (χ4n) is 2.72. The number of nitrogens with one attached hydrogen (secondary N) is 2. The average Bonchev–Trinajstić information content (AvgIpc) is 3.13. The Balaban J connectivity index is 2.84. The third kappa shape index (κ3) is 6.35. The number of carboxylic acids is 1. The normalized spacial score (nSPS) is 19.4. The standard InChI is InChI=1S/C15H25N5O7S/c16-7(6-28)12(23)19-9(5-21)14(25)20-3-1-2-10(20)13(24)18-8(15(26)27)4-11(17)22/h7-10,21,28H,1-6,16H2,(H2,17,22)(H,18,24)(H,19,23)(H,26,27). The Labute approximate surface area is 166 Å². The van der Waals surface area contributed by atoms with Gasteiger partial charge in [0.2, 0.25) is 23.6 Å². The SMILES string of the molecule is NC(=O)CC(NC(=O)C1CCCN1C(=O)C(CO)NC(=O)C(N)CS)C(=O)O. The monoisotopic (exact) mass is 419 g/mol. The highest BCUT2D eigenvalue weighted by Gasteiger charge is 2.39. The third-order valence-electron chi connectivity index (χ3n) is 4.19. The summed E-state index contributed by atoms with van der Waals surface area (Å²) in [5.41, 5.74) is 10.5. The number of hydrogen-bond acceptors (Lipinski definition) is 8. The number of carbonyl (C=O) groups excluding carboxylic acids is 4. The van der Waals surface area contributed by atoms with Crippen LogP contribution in [0.1, 0.15) is 19.3 Å². The van der Waals surface area contributed by atoms with Crippen molar-refractivity contribution in [2.45, 2.75) is 43.4 Å².